The van der Waals surface area contributed by atoms with Gasteiger partial charge in [-0.15, -0.1) is 0 Å². The first-order chi connectivity index (χ1) is 16.2. The Morgan fingerprint density at radius 1 is 0.818 bits per heavy atom. The van der Waals surface area contributed by atoms with Gasteiger partial charge in [0.1, 0.15) is 23.9 Å². The molecule has 0 N–H and O–H groups in total. The number of carbonyl (C=O) groups excluding carboxylic acids is 1. The third-order valence-electron chi connectivity index (χ3n) is 5.51. The number of hydrogen-bond acceptors (Lipinski definition) is 4. The lowest BCUT2D eigenvalue weighted by atomic mass is 10.0. The van der Waals surface area contributed by atoms with E-state index in [2.05, 4.69) is 0 Å². The van der Waals surface area contributed by atoms with Crippen molar-refractivity contribution >= 4 is 28.6 Å². The monoisotopic (exact) mass is 434 g/mol. The molecule has 33 heavy (non-hydrogen) atoms. The smallest absolute Gasteiger partial charge is 0.343 e. The van der Waals surface area contributed by atoms with Crippen LogP contribution >= 0.6 is 0 Å². The molecule has 162 valence electrons. The molecule has 0 bridgehead atoms. The van der Waals surface area contributed by atoms with E-state index in [4.69, 9.17) is 14.2 Å². The summed E-state index contributed by atoms with van der Waals surface area (Å²) in [5.74, 6) is 1.78. The molecule has 0 aliphatic carbocycles. The molecule has 0 amide bonds. The Morgan fingerprint density at radius 2 is 1.55 bits per heavy atom. The van der Waals surface area contributed by atoms with Gasteiger partial charge in [0.15, 0.2) is 0 Å². The molecule has 0 aromatic heterocycles. The lowest BCUT2D eigenvalue weighted by Gasteiger charge is -2.06. The molecule has 1 heterocycles. The highest BCUT2D eigenvalue weighted by Gasteiger charge is 2.22. The van der Waals surface area contributed by atoms with Gasteiger partial charge in [0, 0.05) is 5.56 Å². The van der Waals surface area contributed by atoms with Crippen LogP contribution in [0, 0.1) is 0 Å². The normalized spacial score (nSPS) is 14.3. The molecule has 4 nitrogen and oxygen atoms in total. The van der Waals surface area contributed by atoms with E-state index >= 15 is 0 Å². The van der Waals surface area contributed by atoms with Crippen LogP contribution in [0.3, 0.4) is 0 Å². The van der Waals surface area contributed by atoms with Gasteiger partial charge in [0.2, 0.25) is 0 Å². The molecule has 0 saturated carbocycles. The van der Waals surface area contributed by atoms with Gasteiger partial charge in [-0.2, -0.15) is 0 Å². The van der Waals surface area contributed by atoms with Crippen molar-refractivity contribution in [3.8, 4) is 11.5 Å². The highest BCUT2D eigenvalue weighted by Crippen LogP contribution is 2.30. The maximum atomic E-state index is 12.5. The van der Waals surface area contributed by atoms with Crippen LogP contribution in [0.1, 0.15) is 16.7 Å². The number of ether oxygens (including phenoxy) is 3. The van der Waals surface area contributed by atoms with Crippen LogP contribution in [0.15, 0.2) is 103 Å². The third kappa shape index (κ3) is 4.65. The van der Waals surface area contributed by atoms with Crippen molar-refractivity contribution in [3.05, 3.63) is 119 Å². The van der Waals surface area contributed by atoms with E-state index in [1.807, 2.05) is 97.1 Å². The van der Waals surface area contributed by atoms with Gasteiger partial charge in [-0.05, 0) is 64.4 Å². The minimum absolute atomic E-state index is 0.357. The van der Waals surface area contributed by atoms with Gasteiger partial charge in [0.05, 0.1) is 12.7 Å². The molecule has 0 unspecified atom stereocenters. The van der Waals surface area contributed by atoms with E-state index in [0.29, 0.717) is 17.9 Å². The van der Waals surface area contributed by atoms with Gasteiger partial charge in [-0.3, -0.25) is 0 Å². The van der Waals surface area contributed by atoms with Crippen LogP contribution in [0.4, 0.5) is 0 Å². The Hall–Kier alpha value is -4.31. The number of methoxy groups -OCH3 is 1. The standard InChI is InChI=1S/C29H22O4/c1-31-27-14-11-22-16-24(10-9-23(22)17-27)28-18-25(29(30)33-28)15-20-7-12-26(13-8-20)32-19-21-5-3-2-4-6-21/h2-18H,19H2,1H3/b25-15-. The van der Waals surface area contributed by atoms with Crippen LogP contribution < -0.4 is 9.47 Å². The molecule has 1 aliphatic rings. The van der Waals surface area contributed by atoms with Crippen molar-refractivity contribution in [1.29, 1.82) is 0 Å². The molecule has 4 heteroatoms. The predicted molar refractivity (Wildman–Crippen MR) is 130 cm³/mol. The quantitative estimate of drug-likeness (QED) is 0.260. The topological polar surface area (TPSA) is 44.8 Å². The summed E-state index contributed by atoms with van der Waals surface area (Å²) in [5, 5.41) is 2.11. The number of esters is 1. The maximum Gasteiger partial charge on any atom is 0.343 e. The fourth-order valence-corrected chi connectivity index (χ4v) is 3.72. The predicted octanol–water partition coefficient (Wildman–Crippen LogP) is 6.41. The summed E-state index contributed by atoms with van der Waals surface area (Å²) in [6.45, 7) is 0.512. The lowest BCUT2D eigenvalue weighted by Crippen LogP contribution is -1.97. The van der Waals surface area contributed by atoms with Crippen molar-refractivity contribution in [1.82, 2.24) is 0 Å². The van der Waals surface area contributed by atoms with Crippen molar-refractivity contribution in [3.63, 3.8) is 0 Å². The minimum Gasteiger partial charge on any atom is -0.497 e. The van der Waals surface area contributed by atoms with Gasteiger partial charge < -0.3 is 14.2 Å². The highest BCUT2D eigenvalue weighted by molar-refractivity contribution is 6.05. The lowest BCUT2D eigenvalue weighted by molar-refractivity contribution is -0.130. The highest BCUT2D eigenvalue weighted by atomic mass is 16.5. The molecule has 4 aromatic carbocycles. The summed E-state index contributed by atoms with van der Waals surface area (Å²) in [6.07, 6.45) is 3.61. The SMILES string of the molecule is COc1ccc2cc(C3=C/C(=C/c4ccc(OCc5ccccc5)cc4)C(=O)O3)ccc2c1. The average Bonchev–Trinajstić information content (AvgIpc) is 3.23. The van der Waals surface area contributed by atoms with Crippen molar-refractivity contribution in [2.24, 2.45) is 0 Å². The molecule has 0 radical (unpaired) electrons. The Labute approximate surface area is 192 Å². The Kier molecular flexibility index (Phi) is 5.64. The zero-order chi connectivity index (χ0) is 22.6. The number of benzene rings is 4. The summed E-state index contributed by atoms with van der Waals surface area (Å²) in [7, 11) is 1.65. The molecule has 0 atom stereocenters. The zero-order valence-electron chi connectivity index (χ0n) is 18.2. The first-order valence-electron chi connectivity index (χ1n) is 10.7. The third-order valence-corrected chi connectivity index (χ3v) is 5.51. The largest absolute Gasteiger partial charge is 0.497 e. The van der Waals surface area contributed by atoms with E-state index in [1.165, 1.54) is 0 Å². The molecule has 1 aliphatic heterocycles. The molecule has 0 spiro atoms. The second kappa shape index (κ2) is 9.05. The summed E-state index contributed by atoms with van der Waals surface area (Å²) >= 11 is 0. The van der Waals surface area contributed by atoms with Crippen LogP contribution in [-0.2, 0) is 16.1 Å². The Balaban J connectivity index is 1.32. The van der Waals surface area contributed by atoms with Gasteiger partial charge in [-0.25, -0.2) is 4.79 Å². The molecule has 0 fully saturated rings. The number of carbonyl (C=O) groups is 1. The zero-order valence-corrected chi connectivity index (χ0v) is 18.2. The van der Waals surface area contributed by atoms with E-state index < -0.39 is 0 Å². The summed E-state index contributed by atoms with van der Waals surface area (Å²) in [4.78, 5) is 12.5. The molecule has 4 aromatic rings. The molecule has 5 rings (SSSR count). The van der Waals surface area contributed by atoms with Crippen LogP contribution in [0.25, 0.3) is 22.6 Å². The molecular weight excluding hydrogens is 412 g/mol. The van der Waals surface area contributed by atoms with Crippen LogP contribution in [0.5, 0.6) is 11.5 Å². The first kappa shape index (κ1) is 20.6. The number of fused-ring (bicyclic) bond motifs is 1. The van der Waals surface area contributed by atoms with E-state index in [-0.39, 0.29) is 5.97 Å². The minimum atomic E-state index is -0.357. The number of hydrogen-bond donors (Lipinski definition) is 0. The van der Waals surface area contributed by atoms with Crippen molar-refractivity contribution < 1.29 is 19.0 Å². The second-order valence-electron chi connectivity index (χ2n) is 7.77. The van der Waals surface area contributed by atoms with E-state index in [0.717, 1.165) is 39.0 Å². The van der Waals surface area contributed by atoms with E-state index in [1.54, 1.807) is 13.2 Å². The second-order valence-corrected chi connectivity index (χ2v) is 7.77. The number of cyclic esters (lactones) is 1. The fourth-order valence-electron chi connectivity index (χ4n) is 3.72. The fraction of sp³-hybridized carbons (Fsp3) is 0.0690. The Bertz CT molecular complexity index is 1370. The maximum absolute atomic E-state index is 12.5. The van der Waals surface area contributed by atoms with Gasteiger partial charge >= 0.3 is 5.97 Å². The van der Waals surface area contributed by atoms with Crippen molar-refractivity contribution in [2.45, 2.75) is 6.61 Å². The van der Waals surface area contributed by atoms with Gasteiger partial charge in [0.25, 0.3) is 0 Å². The van der Waals surface area contributed by atoms with Crippen LogP contribution in [-0.4, -0.2) is 13.1 Å². The Morgan fingerprint density at radius 3 is 2.33 bits per heavy atom. The summed E-state index contributed by atoms with van der Waals surface area (Å²) in [5.41, 5.74) is 3.38. The van der Waals surface area contributed by atoms with Crippen LogP contribution in [0.2, 0.25) is 0 Å². The summed E-state index contributed by atoms with van der Waals surface area (Å²) < 4.78 is 16.7. The summed E-state index contributed by atoms with van der Waals surface area (Å²) in [6, 6.07) is 29.5. The molecule has 0 saturated heterocycles. The average molecular weight is 434 g/mol. The molecular formula is C29H22O4. The van der Waals surface area contributed by atoms with Gasteiger partial charge in [-0.1, -0.05) is 60.7 Å². The van der Waals surface area contributed by atoms with Crippen molar-refractivity contribution in [2.75, 3.05) is 7.11 Å². The number of rotatable bonds is 6. The van der Waals surface area contributed by atoms with E-state index in [9.17, 15) is 4.79 Å². The first-order valence-corrected chi connectivity index (χ1v) is 10.7.